The second-order valence-corrected chi connectivity index (χ2v) is 9.12. The van der Waals surface area contributed by atoms with E-state index in [9.17, 15) is 12.8 Å². The molecule has 0 aliphatic rings. The van der Waals surface area contributed by atoms with E-state index >= 15 is 0 Å². The third kappa shape index (κ3) is 3.90. The standard InChI is InChI=1S/C15H13ClFN3O3S2/c1-20(25(21,22)14-7-6-12(16)24-14)9-8-13-18-15(23-19-13)10-4-2-3-5-11(10)17/h2-7H,8-9H2,1H3. The number of hydrogen-bond acceptors (Lipinski definition) is 6. The largest absolute Gasteiger partial charge is 0.334 e. The van der Waals surface area contributed by atoms with E-state index in [1.165, 1.54) is 35.6 Å². The van der Waals surface area contributed by atoms with Crippen LogP contribution in [0, 0.1) is 5.82 Å². The van der Waals surface area contributed by atoms with Crippen molar-refractivity contribution in [2.24, 2.45) is 0 Å². The fraction of sp³-hybridized carbons (Fsp3) is 0.200. The van der Waals surface area contributed by atoms with Gasteiger partial charge in [0.1, 0.15) is 10.0 Å². The number of rotatable bonds is 6. The number of hydrogen-bond donors (Lipinski definition) is 0. The lowest BCUT2D eigenvalue weighted by molar-refractivity contribution is 0.413. The Morgan fingerprint density at radius 3 is 2.72 bits per heavy atom. The van der Waals surface area contributed by atoms with Crippen LogP contribution < -0.4 is 0 Å². The monoisotopic (exact) mass is 401 g/mol. The zero-order chi connectivity index (χ0) is 18.0. The molecule has 0 aliphatic heterocycles. The number of halogens is 2. The molecule has 10 heteroatoms. The molecule has 132 valence electrons. The summed E-state index contributed by atoms with van der Waals surface area (Å²) in [4.78, 5) is 4.11. The van der Waals surface area contributed by atoms with E-state index in [1.807, 2.05) is 0 Å². The average molecular weight is 402 g/mol. The third-order valence-corrected chi connectivity index (χ3v) is 6.99. The van der Waals surface area contributed by atoms with Crippen molar-refractivity contribution in [2.45, 2.75) is 10.6 Å². The summed E-state index contributed by atoms with van der Waals surface area (Å²) in [6, 6.07) is 9.05. The van der Waals surface area contributed by atoms with Crippen molar-refractivity contribution in [2.75, 3.05) is 13.6 Å². The van der Waals surface area contributed by atoms with Gasteiger partial charge in [-0.1, -0.05) is 28.9 Å². The van der Waals surface area contributed by atoms with Crippen molar-refractivity contribution < 1.29 is 17.3 Å². The summed E-state index contributed by atoms with van der Waals surface area (Å²) in [6.45, 7) is 0.147. The second-order valence-electron chi connectivity index (χ2n) is 5.13. The first-order valence-electron chi connectivity index (χ1n) is 7.17. The highest BCUT2D eigenvalue weighted by Gasteiger charge is 2.23. The van der Waals surface area contributed by atoms with Crippen LogP contribution in [0.2, 0.25) is 4.34 Å². The molecule has 0 aliphatic carbocycles. The van der Waals surface area contributed by atoms with Crippen LogP contribution in [0.5, 0.6) is 0 Å². The maximum atomic E-state index is 13.7. The van der Waals surface area contributed by atoms with E-state index in [2.05, 4.69) is 10.1 Å². The summed E-state index contributed by atoms with van der Waals surface area (Å²) in [5.41, 5.74) is 0.204. The highest BCUT2D eigenvalue weighted by atomic mass is 35.5. The van der Waals surface area contributed by atoms with Gasteiger partial charge in [-0.05, 0) is 24.3 Å². The van der Waals surface area contributed by atoms with Gasteiger partial charge in [-0.25, -0.2) is 12.8 Å². The minimum Gasteiger partial charge on any atom is -0.334 e. The first-order valence-corrected chi connectivity index (χ1v) is 9.80. The number of aromatic nitrogens is 2. The maximum Gasteiger partial charge on any atom is 0.260 e. The smallest absolute Gasteiger partial charge is 0.260 e. The zero-order valence-corrected chi connectivity index (χ0v) is 15.4. The SMILES string of the molecule is CN(CCc1noc(-c2ccccc2F)n1)S(=O)(=O)c1ccc(Cl)s1. The number of thiophene rings is 1. The summed E-state index contributed by atoms with van der Waals surface area (Å²) in [7, 11) is -2.16. The van der Waals surface area contributed by atoms with Gasteiger partial charge in [-0.15, -0.1) is 11.3 Å². The van der Waals surface area contributed by atoms with Gasteiger partial charge in [0.25, 0.3) is 15.9 Å². The minimum absolute atomic E-state index is 0.0589. The Balaban J connectivity index is 1.69. The molecule has 2 aromatic heterocycles. The highest BCUT2D eigenvalue weighted by Crippen LogP contribution is 2.27. The lowest BCUT2D eigenvalue weighted by Gasteiger charge is -2.14. The molecule has 2 heterocycles. The van der Waals surface area contributed by atoms with Gasteiger partial charge in [0.05, 0.1) is 9.90 Å². The Kier molecular flexibility index (Phi) is 5.19. The summed E-state index contributed by atoms with van der Waals surface area (Å²) in [6.07, 6.45) is 0.229. The molecule has 25 heavy (non-hydrogen) atoms. The van der Waals surface area contributed by atoms with E-state index < -0.39 is 15.8 Å². The molecule has 3 aromatic rings. The molecule has 0 bridgehead atoms. The van der Waals surface area contributed by atoms with Crippen LogP contribution in [0.4, 0.5) is 4.39 Å². The van der Waals surface area contributed by atoms with Crippen molar-refractivity contribution in [1.29, 1.82) is 0 Å². The van der Waals surface area contributed by atoms with E-state index in [4.69, 9.17) is 16.1 Å². The van der Waals surface area contributed by atoms with Gasteiger partial charge < -0.3 is 4.52 Å². The number of nitrogens with zero attached hydrogens (tertiary/aromatic N) is 3. The minimum atomic E-state index is -3.62. The second kappa shape index (κ2) is 7.20. The van der Waals surface area contributed by atoms with E-state index in [0.29, 0.717) is 10.2 Å². The predicted molar refractivity (Wildman–Crippen MR) is 92.5 cm³/mol. The highest BCUT2D eigenvalue weighted by molar-refractivity contribution is 7.91. The molecule has 1 aromatic carbocycles. The van der Waals surface area contributed by atoms with Crippen LogP contribution in [-0.2, 0) is 16.4 Å². The molecule has 0 unspecified atom stereocenters. The van der Waals surface area contributed by atoms with Gasteiger partial charge in [0.2, 0.25) is 0 Å². The van der Waals surface area contributed by atoms with E-state index in [-0.39, 0.29) is 28.6 Å². The first-order chi connectivity index (χ1) is 11.9. The average Bonchev–Trinajstić information content (AvgIpc) is 3.22. The van der Waals surface area contributed by atoms with Crippen LogP contribution in [0.25, 0.3) is 11.5 Å². The van der Waals surface area contributed by atoms with Gasteiger partial charge in [-0.3, -0.25) is 0 Å². The summed E-state index contributed by atoms with van der Waals surface area (Å²) < 4.78 is 45.3. The molecule has 3 rings (SSSR count). The van der Waals surface area contributed by atoms with Crippen molar-refractivity contribution in [3.05, 3.63) is 52.4 Å². The molecular weight excluding hydrogens is 389 g/mol. The predicted octanol–water partition coefficient (Wildman–Crippen LogP) is 3.45. The Hall–Kier alpha value is -1.81. The van der Waals surface area contributed by atoms with Crippen molar-refractivity contribution in [1.82, 2.24) is 14.4 Å². The molecule has 0 N–H and O–H groups in total. The topological polar surface area (TPSA) is 76.3 Å². The number of sulfonamides is 1. The van der Waals surface area contributed by atoms with Crippen molar-refractivity contribution in [3.8, 4) is 11.5 Å². The van der Waals surface area contributed by atoms with Crippen molar-refractivity contribution >= 4 is 33.0 Å². The Morgan fingerprint density at radius 2 is 2.04 bits per heavy atom. The van der Waals surface area contributed by atoms with E-state index in [0.717, 1.165) is 11.3 Å². The lowest BCUT2D eigenvalue weighted by Crippen LogP contribution is -2.28. The molecule has 0 amide bonds. The number of benzene rings is 1. The van der Waals surface area contributed by atoms with Crippen LogP contribution in [0.1, 0.15) is 5.82 Å². The molecule has 0 fully saturated rings. The lowest BCUT2D eigenvalue weighted by atomic mass is 10.2. The molecule has 0 atom stereocenters. The summed E-state index contributed by atoms with van der Waals surface area (Å²) in [5.74, 6) is -0.111. The molecule has 0 saturated heterocycles. The van der Waals surface area contributed by atoms with Crippen LogP contribution in [0.15, 0.2) is 45.1 Å². The molecular formula is C15H13ClFN3O3S2. The number of likely N-dealkylation sites (N-methyl/N-ethyl adjacent to an activating group) is 1. The first kappa shape index (κ1) is 18.0. The van der Waals surface area contributed by atoms with Crippen molar-refractivity contribution in [3.63, 3.8) is 0 Å². The van der Waals surface area contributed by atoms with Gasteiger partial charge >= 0.3 is 0 Å². The molecule has 0 radical (unpaired) electrons. The van der Waals surface area contributed by atoms with Gasteiger partial charge in [0, 0.05) is 20.0 Å². The fourth-order valence-electron chi connectivity index (χ4n) is 2.07. The van der Waals surface area contributed by atoms with E-state index in [1.54, 1.807) is 12.1 Å². The molecule has 0 saturated carbocycles. The summed E-state index contributed by atoms with van der Waals surface area (Å²) in [5, 5.41) is 3.77. The third-order valence-electron chi connectivity index (χ3n) is 3.44. The van der Waals surface area contributed by atoms with Crippen LogP contribution >= 0.6 is 22.9 Å². The van der Waals surface area contributed by atoms with Crippen LogP contribution in [0.3, 0.4) is 0 Å². The quantitative estimate of drug-likeness (QED) is 0.632. The Morgan fingerprint density at radius 1 is 1.28 bits per heavy atom. The van der Waals surface area contributed by atoms with Crippen LogP contribution in [-0.4, -0.2) is 36.5 Å². The molecule has 0 spiro atoms. The Bertz CT molecular complexity index is 987. The van der Waals surface area contributed by atoms with Gasteiger partial charge in [0.15, 0.2) is 5.82 Å². The fourth-order valence-corrected chi connectivity index (χ4v) is 4.93. The van der Waals surface area contributed by atoms with Gasteiger partial charge in [-0.2, -0.15) is 9.29 Å². The maximum absolute atomic E-state index is 13.7. The summed E-state index contributed by atoms with van der Waals surface area (Å²) >= 11 is 6.78. The zero-order valence-electron chi connectivity index (χ0n) is 13.0. The normalized spacial score (nSPS) is 12.0. The molecule has 6 nitrogen and oxygen atoms in total. The Labute approximate surface area is 152 Å².